The Morgan fingerprint density at radius 3 is 2.32 bits per heavy atom. The molecule has 0 bridgehead atoms. The number of imidazole rings is 1. The Morgan fingerprint density at radius 2 is 1.59 bits per heavy atom. The topological polar surface area (TPSA) is 39.5 Å². The summed E-state index contributed by atoms with van der Waals surface area (Å²) in [6.45, 7) is 7.89. The van der Waals surface area contributed by atoms with E-state index in [9.17, 15) is 0 Å². The minimum Gasteiger partial charge on any atom is -0.454 e. The van der Waals surface area contributed by atoms with Crippen LogP contribution in [-0.2, 0) is 13.1 Å². The zero-order valence-electron chi connectivity index (χ0n) is 24.6. The monoisotopic (exact) mass is 549 g/mol. The molecule has 1 atom stereocenters. The van der Waals surface area contributed by atoms with E-state index in [1.54, 1.807) is 0 Å². The molecule has 0 spiro atoms. The fourth-order valence-electron chi connectivity index (χ4n) is 6.56. The van der Waals surface area contributed by atoms with Crippen molar-refractivity contribution in [3.63, 3.8) is 0 Å². The number of hydrogen-bond donors (Lipinski definition) is 0. The van der Waals surface area contributed by atoms with Gasteiger partial charge in [0.25, 0.3) is 0 Å². The lowest BCUT2D eigenvalue weighted by Crippen LogP contribution is -2.34. The van der Waals surface area contributed by atoms with Crippen LogP contribution in [0.3, 0.4) is 0 Å². The summed E-state index contributed by atoms with van der Waals surface area (Å²) in [5.41, 5.74) is 6.05. The van der Waals surface area contributed by atoms with Crippen molar-refractivity contribution in [3.05, 3.63) is 90.1 Å². The highest BCUT2D eigenvalue weighted by atomic mass is 16.7. The van der Waals surface area contributed by atoms with Crippen LogP contribution in [0.1, 0.15) is 76.1 Å². The second-order valence-corrected chi connectivity index (χ2v) is 11.7. The minimum atomic E-state index is 0.180. The normalized spacial score (nSPS) is 15.9. The van der Waals surface area contributed by atoms with Crippen LogP contribution < -0.4 is 9.47 Å². The SMILES string of the molecule is CCCCn1c(-c2ccccc2)nc(-c2ccccc2)c1[C@@H](C)N(Cc1ccc2c(c1)OCO2)CC1CCCCC1. The molecule has 5 nitrogen and oxygen atoms in total. The molecule has 4 aromatic rings. The third-order valence-electron chi connectivity index (χ3n) is 8.80. The maximum absolute atomic E-state index is 5.75. The van der Waals surface area contributed by atoms with Gasteiger partial charge in [-0.3, -0.25) is 4.90 Å². The van der Waals surface area contributed by atoms with Gasteiger partial charge >= 0.3 is 0 Å². The van der Waals surface area contributed by atoms with Crippen LogP contribution in [-0.4, -0.2) is 27.8 Å². The van der Waals surface area contributed by atoms with Crippen LogP contribution >= 0.6 is 0 Å². The Kier molecular flexibility index (Phi) is 8.71. The highest BCUT2D eigenvalue weighted by molar-refractivity contribution is 5.69. The van der Waals surface area contributed by atoms with Gasteiger partial charge in [-0.25, -0.2) is 4.98 Å². The maximum Gasteiger partial charge on any atom is 0.231 e. The second-order valence-electron chi connectivity index (χ2n) is 11.7. The summed E-state index contributed by atoms with van der Waals surface area (Å²) in [6.07, 6.45) is 8.97. The summed E-state index contributed by atoms with van der Waals surface area (Å²) < 4.78 is 13.9. The van der Waals surface area contributed by atoms with Crippen molar-refractivity contribution in [1.82, 2.24) is 14.5 Å². The van der Waals surface area contributed by atoms with E-state index < -0.39 is 0 Å². The van der Waals surface area contributed by atoms with Crippen LogP contribution in [0.2, 0.25) is 0 Å². The standard InChI is InChI=1S/C36H43N3O2/c1-3-4-22-39-35(34(30-16-10-6-11-17-30)37-36(39)31-18-12-7-13-19-31)27(2)38(24-28-14-8-5-9-15-28)25-29-20-21-32-33(23-29)41-26-40-32/h6-7,10-13,16-21,23,27-28H,3-5,8-9,14-15,22,24-26H2,1-2H3/t27-/m1/s1. The molecule has 6 rings (SSSR count). The van der Waals surface area contributed by atoms with Crippen molar-refractivity contribution in [3.8, 4) is 34.1 Å². The lowest BCUT2D eigenvalue weighted by molar-refractivity contribution is 0.145. The Morgan fingerprint density at radius 1 is 0.878 bits per heavy atom. The molecule has 0 N–H and O–H groups in total. The molecular weight excluding hydrogens is 506 g/mol. The molecule has 41 heavy (non-hydrogen) atoms. The van der Waals surface area contributed by atoms with Gasteiger partial charge in [0, 0.05) is 36.8 Å². The highest BCUT2D eigenvalue weighted by Crippen LogP contribution is 2.39. The number of rotatable bonds is 11. The number of benzene rings is 3. The van der Waals surface area contributed by atoms with E-state index >= 15 is 0 Å². The predicted octanol–water partition coefficient (Wildman–Crippen LogP) is 8.89. The lowest BCUT2D eigenvalue weighted by Gasteiger charge is -2.35. The molecule has 1 fully saturated rings. The fraction of sp³-hybridized carbons (Fsp3) is 0.417. The van der Waals surface area contributed by atoms with E-state index in [0.29, 0.717) is 6.79 Å². The van der Waals surface area contributed by atoms with Crippen LogP contribution in [0.15, 0.2) is 78.9 Å². The number of fused-ring (bicyclic) bond motifs is 1. The number of ether oxygens (including phenoxy) is 2. The first-order chi connectivity index (χ1) is 20.2. The average molecular weight is 550 g/mol. The molecule has 2 heterocycles. The lowest BCUT2D eigenvalue weighted by atomic mass is 9.88. The van der Waals surface area contributed by atoms with Crippen LogP contribution in [0.4, 0.5) is 0 Å². The first-order valence-corrected chi connectivity index (χ1v) is 15.5. The first kappa shape index (κ1) is 27.6. The number of nitrogens with zero attached hydrogens (tertiary/aromatic N) is 3. The Labute approximate surface area is 245 Å². The summed E-state index contributed by atoms with van der Waals surface area (Å²) in [5.74, 6) is 3.50. The molecule has 2 aliphatic rings. The zero-order valence-corrected chi connectivity index (χ0v) is 24.6. The summed E-state index contributed by atoms with van der Waals surface area (Å²) in [6, 6.07) is 28.1. The third-order valence-corrected chi connectivity index (χ3v) is 8.80. The first-order valence-electron chi connectivity index (χ1n) is 15.5. The molecular formula is C36H43N3O2. The van der Waals surface area contributed by atoms with Crippen LogP contribution in [0, 0.1) is 5.92 Å². The van der Waals surface area contributed by atoms with Gasteiger partial charge in [0.15, 0.2) is 11.5 Å². The molecule has 5 heteroatoms. The van der Waals surface area contributed by atoms with Gasteiger partial charge in [0.1, 0.15) is 5.82 Å². The predicted molar refractivity (Wildman–Crippen MR) is 166 cm³/mol. The van der Waals surface area contributed by atoms with Crippen molar-refractivity contribution in [2.24, 2.45) is 5.92 Å². The van der Waals surface area contributed by atoms with Gasteiger partial charge in [0.05, 0.1) is 11.4 Å². The van der Waals surface area contributed by atoms with Crippen molar-refractivity contribution in [2.45, 2.75) is 77.9 Å². The smallest absolute Gasteiger partial charge is 0.231 e. The van der Waals surface area contributed by atoms with Crippen molar-refractivity contribution < 1.29 is 9.47 Å². The number of unbranched alkanes of at least 4 members (excludes halogenated alkanes) is 1. The molecule has 3 aromatic carbocycles. The molecule has 0 saturated heterocycles. The molecule has 0 radical (unpaired) electrons. The summed E-state index contributed by atoms with van der Waals surface area (Å²) in [7, 11) is 0. The van der Waals surface area contributed by atoms with Crippen LogP contribution in [0.25, 0.3) is 22.6 Å². The van der Waals surface area contributed by atoms with E-state index in [2.05, 4.69) is 102 Å². The summed E-state index contributed by atoms with van der Waals surface area (Å²) in [5, 5.41) is 0. The van der Waals surface area contributed by atoms with Crippen molar-refractivity contribution in [2.75, 3.05) is 13.3 Å². The second kappa shape index (κ2) is 12.9. The molecule has 0 unspecified atom stereocenters. The molecule has 1 saturated carbocycles. The number of hydrogen-bond acceptors (Lipinski definition) is 4. The van der Waals surface area contributed by atoms with Gasteiger partial charge in [-0.15, -0.1) is 0 Å². The minimum absolute atomic E-state index is 0.180. The quantitative estimate of drug-likeness (QED) is 0.187. The Bertz CT molecular complexity index is 1410. The van der Waals surface area contributed by atoms with E-state index in [1.165, 1.54) is 54.5 Å². The highest BCUT2D eigenvalue weighted by Gasteiger charge is 2.30. The molecule has 0 amide bonds. The van der Waals surface area contributed by atoms with Crippen LogP contribution in [0.5, 0.6) is 11.5 Å². The Hall–Kier alpha value is -3.57. The van der Waals surface area contributed by atoms with Gasteiger partial charge in [-0.2, -0.15) is 0 Å². The largest absolute Gasteiger partial charge is 0.454 e. The summed E-state index contributed by atoms with van der Waals surface area (Å²) in [4.78, 5) is 8.11. The molecule has 1 aliphatic heterocycles. The van der Waals surface area contributed by atoms with E-state index in [4.69, 9.17) is 14.5 Å². The number of aromatic nitrogens is 2. The average Bonchev–Trinajstić information content (AvgIpc) is 3.65. The summed E-state index contributed by atoms with van der Waals surface area (Å²) >= 11 is 0. The van der Waals surface area contributed by atoms with E-state index in [0.717, 1.165) is 61.4 Å². The van der Waals surface area contributed by atoms with Gasteiger partial charge in [0.2, 0.25) is 6.79 Å². The van der Waals surface area contributed by atoms with E-state index in [-0.39, 0.29) is 6.04 Å². The fourth-order valence-corrected chi connectivity index (χ4v) is 6.56. The molecule has 1 aromatic heterocycles. The van der Waals surface area contributed by atoms with Crippen molar-refractivity contribution in [1.29, 1.82) is 0 Å². The van der Waals surface area contributed by atoms with Crippen molar-refractivity contribution >= 4 is 0 Å². The van der Waals surface area contributed by atoms with Gasteiger partial charge in [-0.1, -0.05) is 99.3 Å². The Balaban J connectivity index is 1.44. The zero-order chi connectivity index (χ0) is 28.0. The molecule has 1 aliphatic carbocycles. The third kappa shape index (κ3) is 6.20. The van der Waals surface area contributed by atoms with Gasteiger partial charge < -0.3 is 14.0 Å². The molecule has 214 valence electrons. The van der Waals surface area contributed by atoms with Gasteiger partial charge in [-0.05, 0) is 49.8 Å². The maximum atomic E-state index is 5.75. The van der Waals surface area contributed by atoms with E-state index in [1.807, 2.05) is 0 Å².